The Bertz CT molecular complexity index is 1670. The fraction of sp³-hybridized carbons (Fsp3) is 0.214. The second-order valence-corrected chi connectivity index (χ2v) is 9.07. The van der Waals surface area contributed by atoms with E-state index in [1.165, 1.54) is 4.68 Å². The third-order valence-corrected chi connectivity index (χ3v) is 6.47. The molecule has 1 amide bonds. The van der Waals surface area contributed by atoms with Crippen LogP contribution in [0, 0.1) is 6.92 Å². The van der Waals surface area contributed by atoms with Gasteiger partial charge in [0.1, 0.15) is 10.9 Å². The molecule has 3 aromatic heterocycles. The van der Waals surface area contributed by atoms with Crippen molar-refractivity contribution in [2.75, 3.05) is 6.79 Å². The number of rotatable bonds is 8. The topological polar surface area (TPSA) is 105 Å². The van der Waals surface area contributed by atoms with Crippen molar-refractivity contribution in [1.82, 2.24) is 29.4 Å². The molecule has 2 aromatic carbocycles. The van der Waals surface area contributed by atoms with Crippen LogP contribution in [0.5, 0.6) is 11.5 Å². The molecule has 0 spiro atoms. The molecule has 0 aliphatic carbocycles. The lowest BCUT2D eigenvalue weighted by molar-refractivity contribution is -0.121. The molecular formula is C28H26N6O4. The van der Waals surface area contributed by atoms with Crippen LogP contribution in [-0.2, 0) is 17.9 Å². The first-order chi connectivity index (χ1) is 18.6. The molecule has 38 heavy (non-hydrogen) atoms. The normalized spacial score (nSPS) is 12.2. The minimum absolute atomic E-state index is 0.0987. The second-order valence-electron chi connectivity index (χ2n) is 9.07. The SMILES string of the molecule is Cc1nn(CCCC(=O)NCc2ccc3c(c2)OCO3)c(=O)c2c(-n3cccc3)n(-c3ccccc3)nc12. The molecule has 4 heterocycles. The Morgan fingerprint density at radius 1 is 1.00 bits per heavy atom. The Balaban J connectivity index is 1.21. The maximum atomic E-state index is 13.6. The maximum absolute atomic E-state index is 13.6. The summed E-state index contributed by atoms with van der Waals surface area (Å²) in [6.07, 6.45) is 4.51. The summed E-state index contributed by atoms with van der Waals surface area (Å²) in [4.78, 5) is 26.1. The smallest absolute Gasteiger partial charge is 0.280 e. The molecule has 10 heteroatoms. The van der Waals surface area contributed by atoms with Crippen LogP contribution in [0.2, 0.25) is 0 Å². The van der Waals surface area contributed by atoms with Crippen LogP contribution in [0.4, 0.5) is 0 Å². The molecule has 10 nitrogen and oxygen atoms in total. The first-order valence-electron chi connectivity index (χ1n) is 12.4. The van der Waals surface area contributed by atoms with E-state index < -0.39 is 0 Å². The molecule has 0 saturated carbocycles. The van der Waals surface area contributed by atoms with Gasteiger partial charge in [-0.1, -0.05) is 24.3 Å². The summed E-state index contributed by atoms with van der Waals surface area (Å²) < 4.78 is 15.8. The Morgan fingerprint density at radius 3 is 2.61 bits per heavy atom. The Morgan fingerprint density at radius 2 is 1.79 bits per heavy atom. The zero-order valence-electron chi connectivity index (χ0n) is 20.8. The number of para-hydroxylation sites is 1. The minimum Gasteiger partial charge on any atom is -0.454 e. The van der Waals surface area contributed by atoms with Crippen LogP contribution in [0.3, 0.4) is 0 Å². The van der Waals surface area contributed by atoms with Crippen molar-refractivity contribution in [3.63, 3.8) is 0 Å². The van der Waals surface area contributed by atoms with Crippen LogP contribution in [0.1, 0.15) is 24.1 Å². The summed E-state index contributed by atoms with van der Waals surface area (Å²) in [7, 11) is 0. The van der Waals surface area contributed by atoms with E-state index in [1.807, 2.05) is 84.5 Å². The molecular weight excluding hydrogens is 484 g/mol. The van der Waals surface area contributed by atoms with Crippen molar-refractivity contribution in [2.45, 2.75) is 32.9 Å². The zero-order valence-corrected chi connectivity index (χ0v) is 20.8. The van der Waals surface area contributed by atoms with Crippen molar-refractivity contribution in [2.24, 2.45) is 0 Å². The Kier molecular flexibility index (Phi) is 6.12. The van der Waals surface area contributed by atoms with Gasteiger partial charge >= 0.3 is 0 Å². The number of benzene rings is 2. The second kappa shape index (κ2) is 9.89. The fourth-order valence-corrected chi connectivity index (χ4v) is 4.61. The number of hydrogen-bond acceptors (Lipinski definition) is 6. The average Bonchev–Trinajstić information content (AvgIpc) is 3.70. The zero-order chi connectivity index (χ0) is 26.1. The predicted molar refractivity (Wildman–Crippen MR) is 141 cm³/mol. The van der Waals surface area contributed by atoms with Gasteiger partial charge in [-0.15, -0.1) is 0 Å². The molecule has 0 radical (unpaired) electrons. The number of carbonyl (C=O) groups is 1. The molecule has 6 rings (SSSR count). The van der Waals surface area contributed by atoms with Crippen LogP contribution in [-0.4, -0.2) is 36.8 Å². The van der Waals surface area contributed by atoms with Gasteiger partial charge in [0.2, 0.25) is 12.7 Å². The standard InChI is InChI=1S/C28H26N6O4/c1-19-26-25(27(32-13-5-6-14-32)34(31-26)21-8-3-2-4-9-21)28(36)33(30-19)15-7-10-24(35)29-17-20-11-12-22-23(16-20)38-18-37-22/h2-6,8-9,11-14,16H,7,10,15,17-18H2,1H3,(H,29,35). The minimum atomic E-state index is -0.239. The van der Waals surface area contributed by atoms with Gasteiger partial charge in [-0.05, 0) is 55.3 Å². The highest BCUT2D eigenvalue weighted by molar-refractivity contribution is 5.87. The monoisotopic (exact) mass is 510 g/mol. The molecule has 0 unspecified atom stereocenters. The summed E-state index contributed by atoms with van der Waals surface area (Å²) in [6, 6.07) is 19.1. The van der Waals surface area contributed by atoms with Crippen LogP contribution < -0.4 is 20.3 Å². The fourth-order valence-electron chi connectivity index (χ4n) is 4.61. The number of nitrogens with one attached hydrogen (secondary N) is 1. The van der Waals surface area contributed by atoms with Crippen LogP contribution >= 0.6 is 0 Å². The molecule has 0 atom stereocenters. The van der Waals surface area contributed by atoms with Gasteiger partial charge in [-0.2, -0.15) is 10.2 Å². The van der Waals surface area contributed by atoms with Gasteiger partial charge in [0.25, 0.3) is 5.56 Å². The van der Waals surface area contributed by atoms with Gasteiger partial charge < -0.3 is 19.4 Å². The first-order valence-corrected chi connectivity index (χ1v) is 12.4. The van der Waals surface area contributed by atoms with Crippen molar-refractivity contribution in [3.8, 4) is 23.0 Å². The van der Waals surface area contributed by atoms with E-state index in [-0.39, 0.29) is 24.7 Å². The Labute approximate surface area is 218 Å². The van der Waals surface area contributed by atoms with E-state index in [0.717, 1.165) is 11.3 Å². The number of ether oxygens (including phenoxy) is 2. The maximum Gasteiger partial charge on any atom is 0.280 e. The van der Waals surface area contributed by atoms with Crippen LogP contribution in [0.15, 0.2) is 77.9 Å². The van der Waals surface area contributed by atoms with Crippen LogP contribution in [0.25, 0.3) is 22.4 Å². The molecule has 0 bridgehead atoms. The third kappa shape index (κ3) is 4.40. The summed E-state index contributed by atoms with van der Waals surface area (Å²) in [6.45, 7) is 2.76. The first kappa shape index (κ1) is 23.5. The van der Waals surface area contributed by atoms with Crippen molar-refractivity contribution < 1.29 is 14.3 Å². The van der Waals surface area contributed by atoms with Gasteiger partial charge in [-0.3, -0.25) is 9.59 Å². The predicted octanol–water partition coefficient (Wildman–Crippen LogP) is 3.51. The van der Waals surface area contributed by atoms with E-state index in [2.05, 4.69) is 10.4 Å². The summed E-state index contributed by atoms with van der Waals surface area (Å²) in [5, 5.41) is 12.7. The van der Waals surface area contributed by atoms with E-state index in [0.29, 0.717) is 53.4 Å². The number of aromatic nitrogens is 5. The molecule has 5 aromatic rings. The van der Waals surface area contributed by atoms with E-state index in [9.17, 15) is 9.59 Å². The van der Waals surface area contributed by atoms with Gasteiger partial charge in [0.15, 0.2) is 17.3 Å². The molecule has 0 fully saturated rings. The highest BCUT2D eigenvalue weighted by Crippen LogP contribution is 2.32. The van der Waals surface area contributed by atoms with Gasteiger partial charge in [0, 0.05) is 31.9 Å². The van der Waals surface area contributed by atoms with Crippen molar-refractivity contribution in [1.29, 1.82) is 0 Å². The lowest BCUT2D eigenvalue weighted by Crippen LogP contribution is -2.26. The third-order valence-electron chi connectivity index (χ3n) is 6.47. The summed E-state index contributed by atoms with van der Waals surface area (Å²) in [5.41, 5.74) is 2.74. The number of amides is 1. The number of nitrogens with zero attached hydrogens (tertiary/aromatic N) is 5. The lowest BCUT2D eigenvalue weighted by Gasteiger charge is -2.10. The highest BCUT2D eigenvalue weighted by Gasteiger charge is 2.21. The number of hydrogen-bond donors (Lipinski definition) is 1. The quantitative estimate of drug-likeness (QED) is 0.343. The number of carbonyl (C=O) groups excluding carboxylic acids is 1. The average molecular weight is 511 g/mol. The van der Waals surface area contributed by atoms with E-state index in [4.69, 9.17) is 14.6 Å². The molecule has 0 saturated heterocycles. The number of fused-ring (bicyclic) bond motifs is 2. The van der Waals surface area contributed by atoms with Crippen molar-refractivity contribution >= 4 is 16.8 Å². The van der Waals surface area contributed by atoms with Crippen molar-refractivity contribution in [3.05, 3.63) is 94.7 Å². The van der Waals surface area contributed by atoms with E-state index in [1.54, 1.807) is 4.68 Å². The van der Waals surface area contributed by atoms with E-state index >= 15 is 0 Å². The summed E-state index contributed by atoms with van der Waals surface area (Å²) >= 11 is 0. The molecule has 1 aliphatic rings. The molecule has 1 N–H and O–H groups in total. The molecule has 1 aliphatic heterocycles. The summed E-state index contributed by atoms with van der Waals surface area (Å²) in [5.74, 6) is 1.95. The highest BCUT2D eigenvalue weighted by atomic mass is 16.7. The van der Waals surface area contributed by atoms with Gasteiger partial charge in [0.05, 0.1) is 11.4 Å². The lowest BCUT2D eigenvalue weighted by atomic mass is 10.2. The largest absolute Gasteiger partial charge is 0.454 e. The molecule has 192 valence electrons. The number of aryl methyl sites for hydroxylation is 2. The Hall–Kier alpha value is -4.86. The van der Waals surface area contributed by atoms with Gasteiger partial charge in [-0.25, -0.2) is 9.36 Å².